The summed E-state index contributed by atoms with van der Waals surface area (Å²) in [6.07, 6.45) is 5.70. The quantitative estimate of drug-likeness (QED) is 0.557. The monoisotopic (exact) mass is 346 g/mol. The molecule has 0 bridgehead atoms. The van der Waals surface area contributed by atoms with Crippen LogP contribution in [0.3, 0.4) is 0 Å². The van der Waals surface area contributed by atoms with Gasteiger partial charge in [-0.05, 0) is 53.6 Å². The maximum Gasteiger partial charge on any atom is 0.0641 e. The summed E-state index contributed by atoms with van der Waals surface area (Å²) in [5.41, 5.74) is 17.4. The van der Waals surface area contributed by atoms with Crippen LogP contribution in [0.1, 0.15) is 22.3 Å². The Kier molecular flexibility index (Phi) is 5.75. The molecule has 0 amide bonds. The predicted octanol–water partition coefficient (Wildman–Crippen LogP) is 5.21. The zero-order chi connectivity index (χ0) is 17.0. The van der Waals surface area contributed by atoms with E-state index in [0.29, 0.717) is 40.7 Å². The highest BCUT2D eigenvalue weighted by atomic mass is 35.5. The van der Waals surface area contributed by atoms with Crippen molar-refractivity contribution in [3.05, 3.63) is 81.9 Å². The van der Waals surface area contributed by atoms with Crippen LogP contribution in [-0.4, -0.2) is 0 Å². The van der Waals surface area contributed by atoms with Crippen LogP contribution in [0, 0.1) is 0 Å². The van der Waals surface area contributed by atoms with Crippen molar-refractivity contribution in [2.24, 2.45) is 0 Å². The fraction of sp³-hybridized carbons (Fsp3) is 0.158. The van der Waals surface area contributed by atoms with Crippen molar-refractivity contribution in [3.8, 4) is 0 Å². The average molecular weight is 347 g/mol. The summed E-state index contributed by atoms with van der Waals surface area (Å²) >= 11 is 12.5. The maximum absolute atomic E-state index is 6.24. The number of rotatable bonds is 6. The highest BCUT2D eigenvalue weighted by Gasteiger charge is 2.09. The largest absolute Gasteiger partial charge is 0.397 e. The van der Waals surface area contributed by atoms with Crippen LogP contribution in [0.15, 0.2) is 49.6 Å². The lowest BCUT2D eigenvalue weighted by molar-refractivity contribution is 1.15. The Balaban J connectivity index is 2.39. The molecule has 2 aromatic carbocycles. The van der Waals surface area contributed by atoms with Gasteiger partial charge in [0.2, 0.25) is 0 Å². The van der Waals surface area contributed by atoms with Crippen LogP contribution in [0.2, 0.25) is 10.0 Å². The van der Waals surface area contributed by atoms with E-state index in [1.165, 1.54) is 0 Å². The van der Waals surface area contributed by atoms with E-state index >= 15 is 0 Å². The van der Waals surface area contributed by atoms with E-state index in [9.17, 15) is 0 Å². The van der Waals surface area contributed by atoms with Gasteiger partial charge in [-0.25, -0.2) is 0 Å². The number of halogens is 2. The van der Waals surface area contributed by atoms with Gasteiger partial charge in [-0.1, -0.05) is 47.5 Å². The lowest BCUT2D eigenvalue weighted by Gasteiger charge is -2.12. The SMILES string of the molecule is C=CCc1cc(Cc2cc(Cl)c(N)c(CC=C)c2)cc(Cl)c1N. The minimum Gasteiger partial charge on any atom is -0.397 e. The zero-order valence-corrected chi connectivity index (χ0v) is 14.4. The Bertz CT molecular complexity index is 688. The van der Waals surface area contributed by atoms with Crippen molar-refractivity contribution in [1.29, 1.82) is 0 Å². The molecule has 0 radical (unpaired) electrons. The number of hydrogen-bond acceptors (Lipinski definition) is 2. The van der Waals surface area contributed by atoms with Gasteiger partial charge in [0.1, 0.15) is 0 Å². The fourth-order valence-corrected chi connectivity index (χ4v) is 3.09. The summed E-state index contributed by atoms with van der Waals surface area (Å²) < 4.78 is 0. The number of hydrogen-bond donors (Lipinski definition) is 2. The van der Waals surface area contributed by atoms with Gasteiger partial charge in [0.15, 0.2) is 0 Å². The van der Waals surface area contributed by atoms with Gasteiger partial charge in [0, 0.05) is 0 Å². The molecule has 4 heteroatoms. The summed E-state index contributed by atoms with van der Waals surface area (Å²) in [7, 11) is 0. The van der Waals surface area contributed by atoms with Crippen molar-refractivity contribution in [2.45, 2.75) is 19.3 Å². The van der Waals surface area contributed by atoms with Crippen LogP contribution in [-0.2, 0) is 19.3 Å². The molecule has 0 aliphatic rings. The third-order valence-corrected chi connectivity index (χ3v) is 4.31. The zero-order valence-electron chi connectivity index (χ0n) is 12.9. The normalized spacial score (nSPS) is 10.5. The highest BCUT2D eigenvalue weighted by Crippen LogP contribution is 2.30. The summed E-state index contributed by atoms with van der Waals surface area (Å²) in [5, 5.41) is 1.12. The van der Waals surface area contributed by atoms with Crippen molar-refractivity contribution in [2.75, 3.05) is 11.5 Å². The smallest absolute Gasteiger partial charge is 0.0641 e. The Morgan fingerprint density at radius 1 is 0.783 bits per heavy atom. The molecule has 0 aromatic heterocycles. The average Bonchev–Trinajstić information content (AvgIpc) is 2.50. The Morgan fingerprint density at radius 3 is 1.52 bits per heavy atom. The maximum atomic E-state index is 6.24. The molecular weight excluding hydrogens is 327 g/mol. The molecule has 0 unspecified atom stereocenters. The summed E-state index contributed by atoms with van der Waals surface area (Å²) in [5.74, 6) is 0. The summed E-state index contributed by atoms with van der Waals surface area (Å²) in [6, 6.07) is 7.89. The molecule has 0 saturated carbocycles. The highest BCUT2D eigenvalue weighted by molar-refractivity contribution is 6.33. The van der Waals surface area contributed by atoms with Crippen molar-refractivity contribution in [1.82, 2.24) is 0 Å². The summed E-state index contributed by atoms with van der Waals surface area (Å²) in [4.78, 5) is 0. The standard InChI is InChI=1S/C19H20Cl2N2/c1-3-5-14-8-12(10-16(20)18(14)22)7-13-9-15(6-4-2)19(23)17(21)11-13/h3-4,8-11H,1-2,5-7,22-23H2. The summed E-state index contributed by atoms with van der Waals surface area (Å²) in [6.45, 7) is 7.51. The Hall–Kier alpha value is -1.90. The number of nitrogen functional groups attached to an aromatic ring is 2. The number of anilines is 2. The third-order valence-electron chi connectivity index (χ3n) is 3.69. The number of benzene rings is 2. The minimum atomic E-state index is 0.562. The lowest BCUT2D eigenvalue weighted by Crippen LogP contribution is -2.00. The van der Waals surface area contributed by atoms with Gasteiger partial charge < -0.3 is 11.5 Å². The second kappa shape index (κ2) is 7.58. The van der Waals surface area contributed by atoms with Crippen LogP contribution < -0.4 is 11.5 Å². The van der Waals surface area contributed by atoms with Crippen LogP contribution in [0.5, 0.6) is 0 Å². The molecule has 0 spiro atoms. The molecule has 120 valence electrons. The molecule has 0 heterocycles. The van der Waals surface area contributed by atoms with E-state index in [1.54, 1.807) is 0 Å². The third kappa shape index (κ3) is 4.10. The van der Waals surface area contributed by atoms with Gasteiger partial charge in [0.25, 0.3) is 0 Å². The number of allylic oxidation sites excluding steroid dienone is 2. The number of nitrogens with two attached hydrogens (primary N) is 2. The van der Waals surface area contributed by atoms with E-state index in [4.69, 9.17) is 34.7 Å². The van der Waals surface area contributed by atoms with Gasteiger partial charge >= 0.3 is 0 Å². The molecule has 0 saturated heterocycles. The topological polar surface area (TPSA) is 52.0 Å². The van der Waals surface area contributed by atoms with Crippen molar-refractivity contribution in [3.63, 3.8) is 0 Å². The molecule has 23 heavy (non-hydrogen) atoms. The van der Waals surface area contributed by atoms with Gasteiger partial charge in [-0.2, -0.15) is 0 Å². The lowest BCUT2D eigenvalue weighted by atomic mass is 9.97. The van der Waals surface area contributed by atoms with Crippen LogP contribution in [0.4, 0.5) is 11.4 Å². The molecular formula is C19H20Cl2N2. The van der Waals surface area contributed by atoms with Crippen molar-refractivity contribution < 1.29 is 0 Å². The van der Waals surface area contributed by atoms with E-state index in [1.807, 2.05) is 24.3 Å². The first-order valence-corrected chi connectivity index (χ1v) is 8.07. The Labute approximate surface area is 147 Å². The molecule has 0 fully saturated rings. The molecule has 2 aromatic rings. The fourth-order valence-electron chi connectivity index (χ4n) is 2.56. The van der Waals surface area contributed by atoms with E-state index in [-0.39, 0.29) is 0 Å². The van der Waals surface area contributed by atoms with Crippen LogP contribution >= 0.6 is 23.2 Å². The van der Waals surface area contributed by atoms with E-state index in [2.05, 4.69) is 25.3 Å². The van der Waals surface area contributed by atoms with Crippen molar-refractivity contribution >= 4 is 34.6 Å². The predicted molar refractivity (Wildman–Crippen MR) is 102 cm³/mol. The van der Waals surface area contributed by atoms with Crippen LogP contribution in [0.25, 0.3) is 0 Å². The van der Waals surface area contributed by atoms with Gasteiger partial charge in [-0.15, -0.1) is 13.2 Å². The van der Waals surface area contributed by atoms with E-state index < -0.39 is 0 Å². The molecule has 0 atom stereocenters. The molecule has 0 aliphatic heterocycles. The van der Waals surface area contributed by atoms with Gasteiger partial charge in [0.05, 0.1) is 21.4 Å². The second-order valence-corrected chi connectivity index (χ2v) is 6.28. The minimum absolute atomic E-state index is 0.562. The molecule has 2 nitrogen and oxygen atoms in total. The first-order valence-electron chi connectivity index (χ1n) is 7.31. The van der Waals surface area contributed by atoms with E-state index in [0.717, 1.165) is 22.3 Å². The van der Waals surface area contributed by atoms with Gasteiger partial charge in [-0.3, -0.25) is 0 Å². The molecule has 0 aliphatic carbocycles. The molecule has 4 N–H and O–H groups in total. The second-order valence-electron chi connectivity index (χ2n) is 5.46. The molecule has 2 rings (SSSR count). The first kappa shape index (κ1) is 17.5. The first-order chi connectivity index (χ1) is 11.0. The Morgan fingerprint density at radius 2 is 1.17 bits per heavy atom.